The molecule has 2 rings (SSSR count). The average Bonchev–Trinajstić information content (AvgIpc) is 2.86. The number of rotatable bonds is 5. The predicted octanol–water partition coefficient (Wildman–Crippen LogP) is 1.27. The largest absolute Gasteiger partial charge is 0.396 e. The van der Waals surface area contributed by atoms with E-state index < -0.39 is 0 Å². The zero-order chi connectivity index (χ0) is 13.7. The Labute approximate surface area is 118 Å². The van der Waals surface area contributed by atoms with Crippen LogP contribution < -0.4 is 5.32 Å². The molecule has 1 unspecified atom stereocenters. The van der Waals surface area contributed by atoms with Crippen LogP contribution in [0.2, 0.25) is 5.02 Å². The molecule has 4 nitrogen and oxygen atoms in total. The van der Waals surface area contributed by atoms with Gasteiger partial charge in [-0.15, -0.1) is 0 Å². The first-order valence-electron chi connectivity index (χ1n) is 6.51. The lowest BCUT2D eigenvalue weighted by Crippen LogP contribution is -2.35. The predicted molar refractivity (Wildman–Crippen MR) is 74.9 cm³/mol. The molecule has 0 saturated carbocycles. The number of amides is 1. The zero-order valence-electron chi connectivity index (χ0n) is 10.8. The SMILES string of the molecule is O=C(CN1CCC(CO)C1)NCc1ccc(Cl)cc1. The number of nitrogens with zero attached hydrogens (tertiary/aromatic N) is 1. The lowest BCUT2D eigenvalue weighted by molar-refractivity contribution is -0.122. The summed E-state index contributed by atoms with van der Waals surface area (Å²) in [7, 11) is 0. The van der Waals surface area contributed by atoms with Crippen molar-refractivity contribution in [1.82, 2.24) is 10.2 Å². The summed E-state index contributed by atoms with van der Waals surface area (Å²) < 4.78 is 0. The van der Waals surface area contributed by atoms with Crippen LogP contribution in [0.4, 0.5) is 0 Å². The van der Waals surface area contributed by atoms with E-state index in [1.165, 1.54) is 0 Å². The second-order valence-electron chi connectivity index (χ2n) is 4.98. The van der Waals surface area contributed by atoms with Crippen LogP contribution in [0.1, 0.15) is 12.0 Å². The van der Waals surface area contributed by atoms with Crippen LogP contribution in [0.15, 0.2) is 24.3 Å². The molecule has 2 N–H and O–H groups in total. The van der Waals surface area contributed by atoms with Gasteiger partial charge in [-0.25, -0.2) is 0 Å². The summed E-state index contributed by atoms with van der Waals surface area (Å²) >= 11 is 5.80. The van der Waals surface area contributed by atoms with Gasteiger partial charge in [0.05, 0.1) is 6.54 Å². The summed E-state index contributed by atoms with van der Waals surface area (Å²) in [5.41, 5.74) is 1.03. The van der Waals surface area contributed by atoms with Gasteiger partial charge in [-0.1, -0.05) is 23.7 Å². The van der Waals surface area contributed by atoms with Gasteiger partial charge >= 0.3 is 0 Å². The first kappa shape index (κ1) is 14.3. The van der Waals surface area contributed by atoms with Crippen LogP contribution >= 0.6 is 11.6 Å². The van der Waals surface area contributed by atoms with E-state index in [1.54, 1.807) is 0 Å². The van der Waals surface area contributed by atoms with Crippen molar-refractivity contribution in [2.24, 2.45) is 5.92 Å². The second-order valence-corrected chi connectivity index (χ2v) is 5.41. The van der Waals surface area contributed by atoms with Gasteiger partial charge in [-0.3, -0.25) is 9.69 Å². The van der Waals surface area contributed by atoms with Crippen molar-refractivity contribution in [3.8, 4) is 0 Å². The number of hydrogen-bond acceptors (Lipinski definition) is 3. The maximum Gasteiger partial charge on any atom is 0.234 e. The summed E-state index contributed by atoms with van der Waals surface area (Å²) in [5.74, 6) is 0.345. The number of halogens is 1. The first-order valence-corrected chi connectivity index (χ1v) is 6.89. The topological polar surface area (TPSA) is 52.6 Å². The van der Waals surface area contributed by atoms with E-state index in [9.17, 15) is 4.79 Å². The van der Waals surface area contributed by atoms with Crippen LogP contribution in [0.5, 0.6) is 0 Å². The molecule has 1 amide bonds. The van der Waals surface area contributed by atoms with E-state index in [0.29, 0.717) is 24.0 Å². The third kappa shape index (κ3) is 4.49. The fraction of sp³-hybridized carbons (Fsp3) is 0.500. The molecule has 1 saturated heterocycles. The zero-order valence-corrected chi connectivity index (χ0v) is 11.6. The highest BCUT2D eigenvalue weighted by atomic mass is 35.5. The number of carbonyl (C=O) groups excluding carboxylic acids is 1. The maximum absolute atomic E-state index is 11.8. The average molecular weight is 283 g/mol. The summed E-state index contributed by atoms with van der Waals surface area (Å²) in [4.78, 5) is 13.9. The molecule has 0 aromatic heterocycles. The van der Waals surface area contributed by atoms with Crippen LogP contribution in [-0.4, -0.2) is 42.2 Å². The molecule has 1 heterocycles. The number of carbonyl (C=O) groups is 1. The Kier molecular flexibility index (Phi) is 5.19. The van der Waals surface area contributed by atoms with Crippen LogP contribution in [-0.2, 0) is 11.3 Å². The molecule has 1 fully saturated rings. The number of nitrogens with one attached hydrogen (secondary N) is 1. The fourth-order valence-electron chi connectivity index (χ4n) is 2.27. The van der Waals surface area contributed by atoms with Crippen LogP contribution in [0.25, 0.3) is 0 Å². The van der Waals surface area contributed by atoms with Crippen molar-refractivity contribution in [2.45, 2.75) is 13.0 Å². The van der Waals surface area contributed by atoms with Gasteiger partial charge in [0.25, 0.3) is 0 Å². The molecule has 0 aliphatic carbocycles. The van der Waals surface area contributed by atoms with E-state index in [1.807, 2.05) is 24.3 Å². The molecular weight excluding hydrogens is 264 g/mol. The molecule has 1 aromatic rings. The Morgan fingerprint density at radius 3 is 2.79 bits per heavy atom. The number of aliphatic hydroxyl groups is 1. The van der Waals surface area contributed by atoms with Gasteiger partial charge < -0.3 is 10.4 Å². The Bertz CT molecular complexity index is 422. The highest BCUT2D eigenvalue weighted by Gasteiger charge is 2.22. The standard InChI is InChI=1S/C14H19ClN2O2/c15-13-3-1-11(2-4-13)7-16-14(19)9-17-6-5-12(8-17)10-18/h1-4,12,18H,5-10H2,(H,16,19). The van der Waals surface area contributed by atoms with Crippen molar-refractivity contribution in [3.05, 3.63) is 34.9 Å². The van der Waals surface area contributed by atoms with Crippen molar-refractivity contribution >= 4 is 17.5 Å². The lowest BCUT2D eigenvalue weighted by atomic mass is 10.1. The minimum atomic E-state index is 0.0218. The van der Waals surface area contributed by atoms with E-state index >= 15 is 0 Å². The first-order chi connectivity index (χ1) is 9.17. The number of hydrogen-bond donors (Lipinski definition) is 2. The van der Waals surface area contributed by atoms with Crippen LogP contribution in [0, 0.1) is 5.92 Å². The Morgan fingerprint density at radius 2 is 2.16 bits per heavy atom. The van der Waals surface area contributed by atoms with Crippen molar-refractivity contribution in [1.29, 1.82) is 0 Å². The second kappa shape index (κ2) is 6.89. The smallest absolute Gasteiger partial charge is 0.234 e. The molecule has 104 valence electrons. The molecule has 0 radical (unpaired) electrons. The molecule has 1 aromatic carbocycles. The monoisotopic (exact) mass is 282 g/mol. The summed E-state index contributed by atoms with van der Waals surface area (Å²) in [6.07, 6.45) is 0.973. The summed E-state index contributed by atoms with van der Waals surface area (Å²) in [6, 6.07) is 7.44. The lowest BCUT2D eigenvalue weighted by Gasteiger charge is -2.15. The Hall–Kier alpha value is -1.10. The highest BCUT2D eigenvalue weighted by Crippen LogP contribution is 2.14. The molecule has 0 bridgehead atoms. The fourth-order valence-corrected chi connectivity index (χ4v) is 2.39. The molecular formula is C14H19ClN2O2. The number of likely N-dealkylation sites (tertiary alicyclic amines) is 1. The molecule has 1 aliphatic rings. The molecule has 1 aliphatic heterocycles. The van der Waals surface area contributed by atoms with Gasteiger partial charge in [0.15, 0.2) is 0 Å². The number of aliphatic hydroxyl groups excluding tert-OH is 1. The molecule has 5 heteroatoms. The molecule has 0 spiro atoms. The van der Waals surface area contributed by atoms with E-state index in [2.05, 4.69) is 10.2 Å². The Balaban J connectivity index is 1.71. The Morgan fingerprint density at radius 1 is 1.42 bits per heavy atom. The minimum Gasteiger partial charge on any atom is -0.396 e. The van der Waals surface area contributed by atoms with Gasteiger partial charge in [0.1, 0.15) is 0 Å². The quantitative estimate of drug-likeness (QED) is 0.855. The van der Waals surface area contributed by atoms with E-state index in [0.717, 1.165) is 25.1 Å². The van der Waals surface area contributed by atoms with Gasteiger partial charge in [0, 0.05) is 24.7 Å². The number of benzene rings is 1. The maximum atomic E-state index is 11.8. The molecule has 19 heavy (non-hydrogen) atoms. The normalized spacial score (nSPS) is 19.6. The van der Waals surface area contributed by atoms with Gasteiger partial charge in [0.2, 0.25) is 5.91 Å². The van der Waals surface area contributed by atoms with Crippen molar-refractivity contribution in [3.63, 3.8) is 0 Å². The van der Waals surface area contributed by atoms with Crippen LogP contribution in [0.3, 0.4) is 0 Å². The third-order valence-electron chi connectivity index (χ3n) is 3.40. The van der Waals surface area contributed by atoms with E-state index in [-0.39, 0.29) is 12.5 Å². The minimum absolute atomic E-state index is 0.0218. The van der Waals surface area contributed by atoms with Gasteiger partial charge in [-0.2, -0.15) is 0 Å². The third-order valence-corrected chi connectivity index (χ3v) is 3.65. The van der Waals surface area contributed by atoms with Gasteiger partial charge in [-0.05, 0) is 36.6 Å². The summed E-state index contributed by atoms with van der Waals surface area (Å²) in [6.45, 7) is 2.84. The van der Waals surface area contributed by atoms with Crippen molar-refractivity contribution < 1.29 is 9.90 Å². The summed E-state index contributed by atoms with van der Waals surface area (Å²) in [5, 5.41) is 12.6. The molecule has 1 atom stereocenters. The van der Waals surface area contributed by atoms with Crippen molar-refractivity contribution in [2.75, 3.05) is 26.2 Å². The van der Waals surface area contributed by atoms with E-state index in [4.69, 9.17) is 16.7 Å². The highest BCUT2D eigenvalue weighted by molar-refractivity contribution is 6.30.